The maximum atomic E-state index is 13.7. The van der Waals surface area contributed by atoms with E-state index in [1.807, 2.05) is 54.3 Å². The molecule has 2 aliphatic rings. The summed E-state index contributed by atoms with van der Waals surface area (Å²) in [6.07, 6.45) is 3.44. The number of nitrogens with zero attached hydrogens (tertiary/aromatic N) is 5. The molecule has 3 heterocycles. The minimum atomic E-state index is -0.316. The molecule has 3 aromatic rings. The van der Waals surface area contributed by atoms with E-state index < -0.39 is 0 Å². The molecule has 2 aromatic carbocycles. The van der Waals surface area contributed by atoms with Gasteiger partial charge in [-0.1, -0.05) is 30.3 Å². The molecule has 0 aliphatic carbocycles. The van der Waals surface area contributed by atoms with E-state index in [1.165, 1.54) is 4.90 Å². The van der Waals surface area contributed by atoms with Crippen LogP contribution in [0.1, 0.15) is 12.5 Å². The summed E-state index contributed by atoms with van der Waals surface area (Å²) in [5, 5.41) is 0. The number of piperazine rings is 1. The number of carbonyl (C=O) groups excluding carboxylic acids is 2. The molecule has 2 aliphatic heterocycles. The number of ether oxygens (including phenoxy) is 1. The van der Waals surface area contributed by atoms with Crippen molar-refractivity contribution in [3.05, 3.63) is 84.3 Å². The lowest BCUT2D eigenvalue weighted by Gasteiger charge is -2.36. The van der Waals surface area contributed by atoms with Gasteiger partial charge in [0, 0.05) is 38.6 Å². The molecule has 0 spiro atoms. The largest absolute Gasteiger partial charge is 0.494 e. The fourth-order valence-corrected chi connectivity index (χ4v) is 4.35. The fraction of sp³-hybridized carbons (Fsp3) is 0.231. The van der Waals surface area contributed by atoms with E-state index in [2.05, 4.69) is 14.9 Å². The van der Waals surface area contributed by atoms with Crippen LogP contribution in [0.3, 0.4) is 0 Å². The fourth-order valence-electron chi connectivity index (χ4n) is 4.35. The summed E-state index contributed by atoms with van der Waals surface area (Å²) in [4.78, 5) is 41.3. The molecule has 8 heteroatoms. The van der Waals surface area contributed by atoms with Crippen LogP contribution >= 0.6 is 0 Å². The zero-order chi connectivity index (χ0) is 23.5. The molecule has 8 nitrogen and oxygen atoms in total. The van der Waals surface area contributed by atoms with Gasteiger partial charge in [-0.05, 0) is 42.8 Å². The van der Waals surface area contributed by atoms with Gasteiger partial charge in [-0.3, -0.25) is 9.59 Å². The van der Waals surface area contributed by atoms with Crippen molar-refractivity contribution in [3.8, 4) is 5.75 Å². The van der Waals surface area contributed by atoms with Crippen LogP contribution in [0, 0.1) is 0 Å². The van der Waals surface area contributed by atoms with Crippen LogP contribution in [0.5, 0.6) is 5.75 Å². The number of amides is 2. The maximum Gasteiger partial charge on any atom is 0.282 e. The van der Waals surface area contributed by atoms with Crippen LogP contribution in [-0.2, 0) is 9.59 Å². The second kappa shape index (κ2) is 9.35. The summed E-state index contributed by atoms with van der Waals surface area (Å²) >= 11 is 0. The van der Waals surface area contributed by atoms with Gasteiger partial charge in [0.05, 0.1) is 17.9 Å². The van der Waals surface area contributed by atoms with Crippen molar-refractivity contribution >= 4 is 29.0 Å². The van der Waals surface area contributed by atoms with Gasteiger partial charge in [0.25, 0.3) is 11.8 Å². The lowest BCUT2D eigenvalue weighted by atomic mass is 10.0. The van der Waals surface area contributed by atoms with E-state index in [9.17, 15) is 9.59 Å². The average Bonchev–Trinajstić information content (AvgIpc) is 3.15. The highest BCUT2D eigenvalue weighted by Gasteiger charge is 2.43. The lowest BCUT2D eigenvalue weighted by Crippen LogP contribution is -2.48. The molecule has 172 valence electrons. The Morgan fingerprint density at radius 2 is 1.44 bits per heavy atom. The number of aromatic nitrogens is 2. The van der Waals surface area contributed by atoms with Crippen molar-refractivity contribution in [2.75, 3.05) is 42.6 Å². The molecule has 1 aromatic heterocycles. The summed E-state index contributed by atoms with van der Waals surface area (Å²) in [7, 11) is 0. The normalized spacial score (nSPS) is 16.4. The van der Waals surface area contributed by atoms with Crippen molar-refractivity contribution in [2.24, 2.45) is 0 Å². The number of carbonyl (C=O) groups is 2. The zero-order valence-corrected chi connectivity index (χ0v) is 18.9. The number of rotatable bonds is 6. The van der Waals surface area contributed by atoms with Crippen molar-refractivity contribution in [1.29, 1.82) is 0 Å². The van der Waals surface area contributed by atoms with Crippen LogP contribution < -0.4 is 14.5 Å². The lowest BCUT2D eigenvalue weighted by molar-refractivity contribution is -0.120. The molecule has 0 N–H and O–H groups in total. The van der Waals surface area contributed by atoms with Gasteiger partial charge in [-0.25, -0.2) is 14.9 Å². The van der Waals surface area contributed by atoms with Crippen LogP contribution in [0.4, 0.5) is 11.6 Å². The zero-order valence-electron chi connectivity index (χ0n) is 18.9. The molecule has 1 fully saturated rings. The van der Waals surface area contributed by atoms with Crippen molar-refractivity contribution < 1.29 is 14.3 Å². The highest BCUT2D eigenvalue weighted by Crippen LogP contribution is 2.35. The standard InChI is InChI=1S/C26H25N5O3/c1-2-34-21-11-9-19(10-12-21)22-23(25(33)31(24(22)32)20-7-4-3-5-8-20)29-15-17-30(18-16-29)26-27-13-6-14-28-26/h3-14H,2,15-18H2,1H3. The molecule has 0 atom stereocenters. The van der Waals surface area contributed by atoms with Gasteiger partial charge >= 0.3 is 0 Å². The van der Waals surface area contributed by atoms with Gasteiger partial charge in [0.1, 0.15) is 11.4 Å². The minimum absolute atomic E-state index is 0.301. The van der Waals surface area contributed by atoms with Crippen LogP contribution in [0.2, 0.25) is 0 Å². The third-order valence-corrected chi connectivity index (χ3v) is 5.96. The molecular formula is C26H25N5O3. The number of para-hydroxylation sites is 1. The van der Waals surface area contributed by atoms with Gasteiger partial charge in [0.2, 0.25) is 5.95 Å². The predicted molar refractivity (Wildman–Crippen MR) is 129 cm³/mol. The second-order valence-electron chi connectivity index (χ2n) is 7.99. The summed E-state index contributed by atoms with van der Waals surface area (Å²) in [6.45, 7) is 4.94. The molecule has 34 heavy (non-hydrogen) atoms. The van der Waals surface area contributed by atoms with Crippen molar-refractivity contribution in [1.82, 2.24) is 14.9 Å². The van der Waals surface area contributed by atoms with E-state index in [0.717, 1.165) is 5.75 Å². The van der Waals surface area contributed by atoms with Crippen LogP contribution in [0.15, 0.2) is 78.8 Å². The summed E-state index contributed by atoms with van der Waals surface area (Å²) in [6, 6.07) is 18.2. The monoisotopic (exact) mass is 455 g/mol. The SMILES string of the molecule is CCOc1ccc(C2=C(N3CCN(c4ncccn4)CC3)C(=O)N(c3ccccc3)C2=O)cc1. The molecular weight excluding hydrogens is 430 g/mol. The summed E-state index contributed by atoms with van der Waals surface area (Å²) in [5.74, 6) is 0.776. The van der Waals surface area contributed by atoms with E-state index in [0.29, 0.717) is 61.3 Å². The number of hydrogen-bond donors (Lipinski definition) is 0. The Kier molecular flexibility index (Phi) is 5.95. The number of anilines is 2. The number of hydrogen-bond acceptors (Lipinski definition) is 7. The van der Waals surface area contributed by atoms with Crippen molar-refractivity contribution in [2.45, 2.75) is 6.92 Å². The molecule has 5 rings (SSSR count). The van der Waals surface area contributed by atoms with E-state index >= 15 is 0 Å². The summed E-state index contributed by atoms with van der Waals surface area (Å²) < 4.78 is 5.55. The quantitative estimate of drug-likeness (QED) is 0.529. The predicted octanol–water partition coefficient (Wildman–Crippen LogP) is 2.98. The van der Waals surface area contributed by atoms with E-state index in [-0.39, 0.29) is 11.8 Å². The van der Waals surface area contributed by atoms with Gasteiger partial charge in [-0.2, -0.15) is 0 Å². The Balaban J connectivity index is 1.49. The van der Waals surface area contributed by atoms with Crippen LogP contribution in [-0.4, -0.2) is 59.5 Å². The van der Waals surface area contributed by atoms with Crippen LogP contribution in [0.25, 0.3) is 5.57 Å². The Morgan fingerprint density at radius 3 is 2.09 bits per heavy atom. The third-order valence-electron chi connectivity index (χ3n) is 5.96. The first-order valence-electron chi connectivity index (χ1n) is 11.4. The maximum absolute atomic E-state index is 13.7. The molecule has 1 saturated heterocycles. The van der Waals surface area contributed by atoms with Gasteiger partial charge in [-0.15, -0.1) is 0 Å². The second-order valence-corrected chi connectivity index (χ2v) is 7.99. The Hall–Kier alpha value is -4.20. The first-order chi connectivity index (χ1) is 16.7. The minimum Gasteiger partial charge on any atom is -0.494 e. The molecule has 0 unspecified atom stereocenters. The number of imide groups is 1. The topological polar surface area (TPSA) is 78.9 Å². The van der Waals surface area contributed by atoms with Crippen molar-refractivity contribution in [3.63, 3.8) is 0 Å². The molecule has 0 saturated carbocycles. The third kappa shape index (κ3) is 3.98. The summed E-state index contributed by atoms with van der Waals surface area (Å²) in [5.41, 5.74) is 2.12. The van der Waals surface area contributed by atoms with Gasteiger partial charge < -0.3 is 14.5 Å². The highest BCUT2D eigenvalue weighted by molar-refractivity contribution is 6.45. The van der Waals surface area contributed by atoms with E-state index in [4.69, 9.17) is 4.74 Å². The molecule has 0 radical (unpaired) electrons. The average molecular weight is 456 g/mol. The Labute approximate surface area is 198 Å². The molecule has 2 amide bonds. The number of benzene rings is 2. The smallest absolute Gasteiger partial charge is 0.282 e. The first-order valence-corrected chi connectivity index (χ1v) is 11.4. The van der Waals surface area contributed by atoms with Gasteiger partial charge in [0.15, 0.2) is 0 Å². The van der Waals surface area contributed by atoms with E-state index in [1.54, 1.807) is 30.6 Å². The Morgan fingerprint density at radius 1 is 0.794 bits per heavy atom. The highest BCUT2D eigenvalue weighted by atomic mass is 16.5. The Bertz CT molecular complexity index is 1200. The molecule has 0 bridgehead atoms. The first kappa shape index (κ1) is 21.6.